The zero-order valence-electron chi connectivity index (χ0n) is 17.0. The largest absolute Gasteiger partial charge is 0.396 e. The van der Waals surface area contributed by atoms with Gasteiger partial charge in [-0.1, -0.05) is 53.6 Å². The number of aliphatic hydroxyl groups is 1. The van der Waals surface area contributed by atoms with Crippen LogP contribution in [0.3, 0.4) is 0 Å². The second kappa shape index (κ2) is 8.62. The van der Waals surface area contributed by atoms with Crippen LogP contribution < -0.4 is 0 Å². The minimum Gasteiger partial charge on any atom is -0.396 e. The molecular formula is C24H25ClN2O3. The fourth-order valence-electron chi connectivity index (χ4n) is 4.17. The van der Waals surface area contributed by atoms with Crippen LogP contribution in [-0.2, 0) is 16.1 Å². The van der Waals surface area contributed by atoms with Gasteiger partial charge in [-0.25, -0.2) is 0 Å². The Morgan fingerprint density at radius 3 is 2.40 bits per heavy atom. The topological polar surface area (TPSA) is 60.9 Å². The Morgan fingerprint density at radius 2 is 1.73 bits per heavy atom. The molecular weight excluding hydrogens is 400 g/mol. The maximum absolute atomic E-state index is 13.4. The standard InChI is InChI=1S/C24H25ClN2O3/c1-16-4-6-17(7-5-16)14-27-23(29)21(19-8-10-20(25)11-9-19)22(24(27)30)26-12-2-3-18(13-26)15-28/h4-11,18,28H,2-3,12-15H2,1H3. The van der Waals surface area contributed by atoms with Gasteiger partial charge in [-0.15, -0.1) is 0 Å². The quantitative estimate of drug-likeness (QED) is 0.744. The molecule has 5 nitrogen and oxygen atoms in total. The van der Waals surface area contributed by atoms with Gasteiger partial charge >= 0.3 is 0 Å². The van der Waals surface area contributed by atoms with Gasteiger partial charge in [0, 0.05) is 24.7 Å². The van der Waals surface area contributed by atoms with Crippen LogP contribution in [0.2, 0.25) is 5.02 Å². The number of nitrogens with zero attached hydrogens (tertiary/aromatic N) is 2. The first-order valence-corrected chi connectivity index (χ1v) is 10.6. The van der Waals surface area contributed by atoms with Crippen molar-refractivity contribution >= 4 is 29.0 Å². The number of hydrogen-bond acceptors (Lipinski definition) is 4. The summed E-state index contributed by atoms with van der Waals surface area (Å²) in [5.41, 5.74) is 3.58. The first-order valence-electron chi connectivity index (χ1n) is 10.3. The van der Waals surface area contributed by atoms with Crippen molar-refractivity contribution in [3.05, 3.63) is 75.9 Å². The minimum atomic E-state index is -0.288. The van der Waals surface area contributed by atoms with Crippen molar-refractivity contribution in [2.45, 2.75) is 26.3 Å². The number of aryl methyl sites for hydroxylation is 1. The number of hydrogen-bond donors (Lipinski definition) is 1. The number of carbonyl (C=O) groups is 2. The van der Waals surface area contributed by atoms with E-state index in [-0.39, 0.29) is 30.9 Å². The lowest BCUT2D eigenvalue weighted by Gasteiger charge is -2.34. The summed E-state index contributed by atoms with van der Waals surface area (Å²) in [5.74, 6) is -0.458. The average molecular weight is 425 g/mol. The monoisotopic (exact) mass is 424 g/mol. The molecule has 1 N–H and O–H groups in total. The van der Waals surface area contributed by atoms with Crippen LogP contribution in [0.15, 0.2) is 54.2 Å². The molecule has 0 radical (unpaired) electrons. The van der Waals surface area contributed by atoms with Gasteiger partial charge in [-0.05, 0) is 48.9 Å². The van der Waals surface area contributed by atoms with Gasteiger partial charge in [0.2, 0.25) is 0 Å². The number of amides is 2. The summed E-state index contributed by atoms with van der Waals surface area (Å²) in [6.07, 6.45) is 1.80. The molecule has 0 spiro atoms. The zero-order chi connectivity index (χ0) is 21.3. The third-order valence-electron chi connectivity index (χ3n) is 5.83. The number of likely N-dealkylation sites (tertiary alicyclic amines) is 1. The Bertz CT molecular complexity index is 983. The van der Waals surface area contributed by atoms with E-state index in [0.29, 0.717) is 34.9 Å². The molecule has 1 unspecified atom stereocenters. The fraction of sp³-hybridized carbons (Fsp3) is 0.333. The maximum Gasteiger partial charge on any atom is 0.278 e. The summed E-state index contributed by atoms with van der Waals surface area (Å²) in [4.78, 5) is 30.2. The third-order valence-corrected chi connectivity index (χ3v) is 6.08. The van der Waals surface area contributed by atoms with Crippen LogP contribution in [0.25, 0.3) is 5.57 Å². The molecule has 156 valence electrons. The third kappa shape index (κ3) is 4.00. The molecule has 4 rings (SSSR count). The molecule has 0 saturated carbocycles. The van der Waals surface area contributed by atoms with Crippen molar-refractivity contribution in [3.63, 3.8) is 0 Å². The van der Waals surface area contributed by atoms with E-state index < -0.39 is 0 Å². The summed E-state index contributed by atoms with van der Waals surface area (Å²) in [5, 5.41) is 10.2. The molecule has 0 bridgehead atoms. The molecule has 1 fully saturated rings. The zero-order valence-corrected chi connectivity index (χ0v) is 17.7. The SMILES string of the molecule is Cc1ccc(CN2C(=O)C(c3ccc(Cl)cc3)=C(N3CCCC(CO)C3)C2=O)cc1. The van der Waals surface area contributed by atoms with Crippen molar-refractivity contribution in [2.24, 2.45) is 5.92 Å². The van der Waals surface area contributed by atoms with Crippen LogP contribution in [-0.4, -0.2) is 46.4 Å². The number of rotatable bonds is 5. The lowest BCUT2D eigenvalue weighted by Crippen LogP contribution is -2.40. The summed E-state index contributed by atoms with van der Waals surface area (Å²) in [6, 6.07) is 14.9. The first kappa shape index (κ1) is 20.6. The highest BCUT2D eigenvalue weighted by atomic mass is 35.5. The lowest BCUT2D eigenvalue weighted by molar-refractivity contribution is -0.138. The number of imide groups is 1. The first-order chi connectivity index (χ1) is 14.5. The molecule has 0 aromatic heterocycles. The van der Waals surface area contributed by atoms with Crippen LogP contribution >= 0.6 is 11.6 Å². The summed E-state index contributed by atoms with van der Waals surface area (Å²) in [6.45, 7) is 3.58. The predicted octanol–water partition coefficient (Wildman–Crippen LogP) is 3.63. The maximum atomic E-state index is 13.4. The Morgan fingerprint density at radius 1 is 1.03 bits per heavy atom. The van der Waals surface area contributed by atoms with Crippen LogP contribution in [0.1, 0.15) is 29.5 Å². The lowest BCUT2D eigenvalue weighted by atomic mass is 9.97. The van der Waals surface area contributed by atoms with Crippen LogP contribution in [0, 0.1) is 12.8 Å². The van der Waals surface area contributed by atoms with Gasteiger partial charge in [0.25, 0.3) is 11.8 Å². The smallest absolute Gasteiger partial charge is 0.278 e. The second-order valence-corrected chi connectivity index (χ2v) is 8.49. The van der Waals surface area contributed by atoms with Crippen molar-refractivity contribution in [1.29, 1.82) is 0 Å². The average Bonchev–Trinajstić information content (AvgIpc) is 3.00. The highest BCUT2D eigenvalue weighted by Crippen LogP contribution is 2.35. The molecule has 1 saturated heterocycles. The number of benzene rings is 2. The molecule has 0 aliphatic carbocycles. The fourth-order valence-corrected chi connectivity index (χ4v) is 4.30. The predicted molar refractivity (Wildman–Crippen MR) is 116 cm³/mol. The Kier molecular flexibility index (Phi) is 5.93. The van der Waals surface area contributed by atoms with Gasteiger partial charge in [0.05, 0.1) is 12.1 Å². The van der Waals surface area contributed by atoms with E-state index in [0.717, 1.165) is 24.0 Å². The summed E-state index contributed by atoms with van der Waals surface area (Å²) < 4.78 is 0. The molecule has 6 heteroatoms. The normalized spacial score (nSPS) is 19.8. The summed E-state index contributed by atoms with van der Waals surface area (Å²) in [7, 11) is 0. The molecule has 2 aromatic carbocycles. The van der Waals surface area contributed by atoms with Crippen molar-refractivity contribution in [2.75, 3.05) is 19.7 Å². The molecule has 2 amide bonds. The number of halogens is 1. The molecule has 30 heavy (non-hydrogen) atoms. The van der Waals surface area contributed by atoms with Crippen molar-refractivity contribution < 1.29 is 14.7 Å². The Labute approximate surface area is 181 Å². The van der Waals surface area contributed by atoms with Crippen LogP contribution in [0.4, 0.5) is 0 Å². The molecule has 2 aliphatic rings. The number of aliphatic hydroxyl groups excluding tert-OH is 1. The molecule has 2 heterocycles. The van der Waals surface area contributed by atoms with E-state index in [1.807, 2.05) is 36.1 Å². The van der Waals surface area contributed by atoms with Gasteiger partial charge in [-0.2, -0.15) is 0 Å². The second-order valence-electron chi connectivity index (χ2n) is 8.05. The van der Waals surface area contributed by atoms with E-state index in [4.69, 9.17) is 11.6 Å². The minimum absolute atomic E-state index is 0.0786. The van der Waals surface area contributed by atoms with E-state index in [1.165, 1.54) is 4.90 Å². The van der Waals surface area contributed by atoms with E-state index in [1.54, 1.807) is 24.3 Å². The van der Waals surface area contributed by atoms with E-state index in [9.17, 15) is 14.7 Å². The van der Waals surface area contributed by atoms with Crippen molar-refractivity contribution in [1.82, 2.24) is 9.80 Å². The van der Waals surface area contributed by atoms with Gasteiger partial charge in [-0.3, -0.25) is 14.5 Å². The van der Waals surface area contributed by atoms with E-state index in [2.05, 4.69) is 0 Å². The molecule has 1 atom stereocenters. The van der Waals surface area contributed by atoms with Gasteiger partial charge in [0.1, 0.15) is 5.70 Å². The summed E-state index contributed by atoms with van der Waals surface area (Å²) >= 11 is 6.04. The Balaban J connectivity index is 1.72. The van der Waals surface area contributed by atoms with Gasteiger partial charge < -0.3 is 10.0 Å². The number of piperidine rings is 1. The number of carbonyl (C=O) groups excluding carboxylic acids is 2. The molecule has 2 aromatic rings. The molecule has 2 aliphatic heterocycles. The van der Waals surface area contributed by atoms with Crippen LogP contribution in [0.5, 0.6) is 0 Å². The van der Waals surface area contributed by atoms with Gasteiger partial charge in [0.15, 0.2) is 0 Å². The Hall–Kier alpha value is -2.63. The van der Waals surface area contributed by atoms with E-state index >= 15 is 0 Å². The highest BCUT2D eigenvalue weighted by Gasteiger charge is 2.42. The highest BCUT2D eigenvalue weighted by molar-refractivity contribution is 6.35. The van der Waals surface area contributed by atoms with Crippen molar-refractivity contribution in [3.8, 4) is 0 Å².